The topological polar surface area (TPSA) is 723 Å². The summed E-state index contributed by atoms with van der Waals surface area (Å²) >= 11 is 0. The van der Waals surface area contributed by atoms with E-state index in [0.29, 0.717) is 38.5 Å². The van der Waals surface area contributed by atoms with Gasteiger partial charge in [0.1, 0.15) is 152 Å². The zero-order chi connectivity index (χ0) is 104. The number of aliphatic hydroxyl groups is 21. The van der Waals surface area contributed by atoms with Crippen molar-refractivity contribution >= 4 is 36.1 Å². The van der Waals surface area contributed by atoms with E-state index < -0.39 is 383 Å². The number of esters is 4. The first kappa shape index (κ1) is 114. The van der Waals surface area contributed by atoms with Crippen LogP contribution in [0.5, 0.6) is 0 Å². The molecule has 0 unspecified atom stereocenters. The van der Waals surface area contributed by atoms with Gasteiger partial charge in [-0.05, 0) is 130 Å². The summed E-state index contributed by atoms with van der Waals surface area (Å²) in [5.41, 5.74) is -5.70. The van der Waals surface area contributed by atoms with E-state index in [-0.39, 0.29) is 56.8 Å². The van der Waals surface area contributed by atoms with Gasteiger partial charge >= 0.3 is 29.8 Å². The smallest absolute Gasteiger partial charge is 0.335 e. The average molecular weight is 2050 g/mol. The number of carboxylic acid groups (broad SMARTS) is 1. The number of hydrogen-bond acceptors (Lipinski definition) is 46. The molecular formula is C95H152O47. The van der Waals surface area contributed by atoms with Gasteiger partial charge < -0.3 is 207 Å². The molecule has 142 heavy (non-hydrogen) atoms. The molecule has 8 saturated heterocycles. The maximum atomic E-state index is 16.6. The summed E-state index contributed by atoms with van der Waals surface area (Å²) < 4.78 is 116. The molecule has 13 rings (SSSR count). The van der Waals surface area contributed by atoms with Crippen LogP contribution in [-0.4, -0.2) is 439 Å². The van der Waals surface area contributed by atoms with E-state index in [9.17, 15) is 136 Å². The fourth-order valence-corrected chi connectivity index (χ4v) is 24.7. The molecule has 0 aromatic rings. The number of carbonyl (C=O) groups excluding carboxylic acids is 5. The Bertz CT molecular complexity index is 4250. The predicted molar refractivity (Wildman–Crippen MR) is 472 cm³/mol. The molecule has 814 valence electrons. The molecule has 0 radical (unpaired) electrons. The lowest BCUT2D eigenvalue weighted by Gasteiger charge is -2.71. The van der Waals surface area contributed by atoms with Crippen LogP contribution in [-0.2, 0) is 119 Å². The zero-order valence-electron chi connectivity index (χ0n) is 82.3. The number of aliphatic hydroxyl groups excluding tert-OH is 21. The lowest BCUT2D eigenvalue weighted by Crippen LogP contribution is -2.69. The quantitative estimate of drug-likeness (QED) is 0.00932. The number of hydrogen-bond donors (Lipinski definition) is 22. The molecule has 22 N–H and O–H groups in total. The number of fused-ring (bicyclic) bond motifs is 7. The van der Waals surface area contributed by atoms with E-state index >= 15 is 4.79 Å². The minimum atomic E-state index is -2.28. The summed E-state index contributed by atoms with van der Waals surface area (Å²) in [6, 6.07) is 0. The average Bonchev–Trinajstić information content (AvgIpc) is 0.712. The second-order valence-electron chi connectivity index (χ2n) is 43.5. The minimum absolute atomic E-state index is 0.0109. The van der Waals surface area contributed by atoms with Crippen molar-refractivity contribution in [3.63, 3.8) is 0 Å². The highest BCUT2D eigenvalue weighted by Crippen LogP contribution is 2.76. The van der Waals surface area contributed by atoms with Crippen LogP contribution in [0.4, 0.5) is 0 Å². The maximum absolute atomic E-state index is 16.6. The van der Waals surface area contributed by atoms with E-state index in [1.807, 2.05) is 27.7 Å². The highest BCUT2D eigenvalue weighted by Gasteiger charge is 2.74. The Morgan fingerprint density at radius 1 is 0.472 bits per heavy atom. The van der Waals surface area contributed by atoms with Crippen molar-refractivity contribution in [1.82, 2.24) is 0 Å². The molecule has 53 atom stereocenters. The van der Waals surface area contributed by atoms with Gasteiger partial charge in [-0.15, -0.1) is 0 Å². The molecule has 0 aromatic heterocycles. The summed E-state index contributed by atoms with van der Waals surface area (Å²) in [7, 11) is 0. The fraction of sp³-hybridized carbons (Fsp3) is 0.916. The standard InChI is InChI=1S/C95H152O47/c1-15-36(3)48(130-56(105)27-43(101)26-49(37(4)16-2)131-85-66(115)61(110)51(32-97)132-85)25-42(100)28-57(106)135-73-40(7)128-87(79(77(73)129-41(8)99)141-84-69(118)64(113)72(39(6)127-84)136-82-71(120)74(47(103)34-125-82)137-81-65(114)59(108)46(102)33-124-81)142-89(123)95-24-23-90(9,10)29-45(95)44-17-18-53-91(11)21-20-55(92(12,35-98)52(91)19-22-93(53,13)94(44,14)30-54(95)104)134-88-78(140-86-68(117)63(112)60(109)50(31-96)133-86)75(70(119)76(139-88)80(121)122)138-83-67(116)62(111)58(107)38(5)126-83/h17,35-40,42-43,45-55,58-79,81-88,96-97,100-104,107-120H,15-16,18-34H2,1-14H3,(H,121,122)/t36-,37-,38-,39-,40+,42-,43-,45-,46+,47+,48-,49-,50+,51-,52+,53+,54+,55-,58-,59-,60-,61-,62+,63-,64-,65+,66+,67+,68+,69+,70-,71+,72-,73-,74-,75-,76-,77-,78+,79+,81-,82-,83-,84-,85+,86-,87-,88+,91-,92-,93+,94+,95+/m0/s1. The molecule has 13 aliphatic rings. The Balaban J connectivity index is 0.769. The third-order valence-corrected chi connectivity index (χ3v) is 33.8. The lowest BCUT2D eigenvalue weighted by atomic mass is 9.33. The number of rotatable bonds is 35. The third-order valence-electron chi connectivity index (χ3n) is 33.8. The van der Waals surface area contributed by atoms with E-state index in [1.54, 1.807) is 27.7 Å². The first-order valence-electron chi connectivity index (χ1n) is 49.7. The van der Waals surface area contributed by atoms with Crippen LogP contribution in [0.2, 0.25) is 0 Å². The number of carbonyl (C=O) groups is 6. The van der Waals surface area contributed by atoms with Crippen molar-refractivity contribution in [3.8, 4) is 0 Å². The van der Waals surface area contributed by atoms with Gasteiger partial charge in [0.05, 0.1) is 93.5 Å². The number of allylic oxidation sites excluding steroid dienone is 2. The second-order valence-corrected chi connectivity index (χ2v) is 43.5. The number of ether oxygens (including phenoxy) is 19. The third kappa shape index (κ3) is 22.5. The first-order valence-corrected chi connectivity index (χ1v) is 49.7. The molecule has 8 aliphatic heterocycles. The van der Waals surface area contributed by atoms with Gasteiger partial charge in [0.15, 0.2) is 68.4 Å². The van der Waals surface area contributed by atoms with E-state index in [4.69, 9.17) is 90.0 Å². The van der Waals surface area contributed by atoms with Gasteiger partial charge in [0.2, 0.25) is 6.29 Å². The highest BCUT2D eigenvalue weighted by molar-refractivity contribution is 5.80. The van der Waals surface area contributed by atoms with Crippen LogP contribution >= 0.6 is 0 Å². The summed E-state index contributed by atoms with van der Waals surface area (Å²) in [5, 5.41) is 245. The lowest BCUT2D eigenvalue weighted by molar-refractivity contribution is -0.394. The van der Waals surface area contributed by atoms with Crippen LogP contribution in [0, 0.1) is 62.1 Å². The van der Waals surface area contributed by atoms with Crippen LogP contribution in [0.1, 0.15) is 193 Å². The molecule has 47 heteroatoms. The molecule has 0 amide bonds. The van der Waals surface area contributed by atoms with Gasteiger partial charge in [-0.25, -0.2) is 4.79 Å². The molecule has 8 heterocycles. The van der Waals surface area contributed by atoms with Crippen molar-refractivity contribution in [2.45, 2.75) is 457 Å². The van der Waals surface area contributed by atoms with Crippen molar-refractivity contribution in [2.24, 2.45) is 62.1 Å². The Morgan fingerprint density at radius 3 is 1.60 bits per heavy atom. The molecule has 5 aliphatic carbocycles. The molecule has 4 saturated carbocycles. The highest BCUT2D eigenvalue weighted by atomic mass is 16.8. The van der Waals surface area contributed by atoms with E-state index in [2.05, 4.69) is 19.9 Å². The Kier molecular flexibility index (Phi) is 37.0. The first-order chi connectivity index (χ1) is 66.6. The largest absolute Gasteiger partial charge is 0.479 e. The van der Waals surface area contributed by atoms with E-state index in [0.717, 1.165) is 18.8 Å². The van der Waals surface area contributed by atoms with Crippen LogP contribution < -0.4 is 0 Å². The van der Waals surface area contributed by atoms with Crippen molar-refractivity contribution in [1.29, 1.82) is 0 Å². The summed E-state index contributed by atoms with van der Waals surface area (Å²) in [6.45, 7) is 21.5. The van der Waals surface area contributed by atoms with Crippen LogP contribution in [0.25, 0.3) is 0 Å². The Labute approximate surface area is 821 Å². The molecular weight excluding hydrogens is 1890 g/mol. The second kappa shape index (κ2) is 45.9. The normalized spacial score (nSPS) is 48.3. The monoisotopic (exact) mass is 2040 g/mol. The number of aliphatic carboxylic acids is 1. The zero-order valence-corrected chi connectivity index (χ0v) is 82.3. The van der Waals surface area contributed by atoms with Crippen molar-refractivity contribution < 1.29 is 231 Å². The maximum Gasteiger partial charge on any atom is 0.335 e. The molecule has 47 nitrogen and oxygen atoms in total. The molecule has 0 aromatic carbocycles. The van der Waals surface area contributed by atoms with Gasteiger partial charge in [-0.3, -0.25) is 19.2 Å². The summed E-state index contributed by atoms with van der Waals surface area (Å²) in [4.78, 5) is 86.6. The minimum Gasteiger partial charge on any atom is -0.479 e. The Morgan fingerprint density at radius 2 is 0.986 bits per heavy atom. The summed E-state index contributed by atoms with van der Waals surface area (Å²) in [6.07, 6.45) is -71.8. The van der Waals surface area contributed by atoms with Crippen LogP contribution in [0.3, 0.4) is 0 Å². The molecule has 12 fully saturated rings. The van der Waals surface area contributed by atoms with Crippen molar-refractivity contribution in [3.05, 3.63) is 11.6 Å². The number of aldehydes is 1. The van der Waals surface area contributed by atoms with Crippen molar-refractivity contribution in [2.75, 3.05) is 26.4 Å². The SMILES string of the molecule is CC[C@H](C)[C@H](C[C@H](O)CC(=O)O[C@@H]1[C@H](OC(C)=O)[C@@H](O[C@@H]2O[C@@H](C)[C@H](O[C@@H]3OC[C@@H](O)[C@H](O[C@@H]4OC[C@@H](O)[C@H](O)[C@H]4O)[C@H]3O)[C@@H](O)[C@H]2O)[C@H](OC(=O)[C@]23CCC(C)(C)C[C@H]2C2=CC[C@@H]4[C@@]5(C)CC[C@H](O[C@@H]6O[C@H](C(=O)O)[C@@H](O)[C@H](O[C@@H]7O[C@@H](C)[C@H](O)[C@@H](O)[C@H]7O)[C@H]6O[C@@H]6O[C@H](CO)[C@H](O)[C@H](O)[C@H]6O)[C@@](C)(C=O)[C@@H]5CC[C@@]4(C)[C@]2(C)C[C@H]3O)O[C@@H]1C)OC(=O)C[C@@H](O)C[C@H](O[C@@H]1O[C@@H](CO)[C@H](O)[C@H]1O)[C@@H](C)CC. The molecule has 0 spiro atoms. The number of carboxylic acids is 1. The van der Waals surface area contributed by atoms with E-state index in [1.165, 1.54) is 20.8 Å². The fourth-order valence-electron chi connectivity index (χ4n) is 24.7. The summed E-state index contributed by atoms with van der Waals surface area (Å²) in [5.74, 6) is -8.46. The Hall–Kier alpha value is -4.68. The van der Waals surface area contributed by atoms with Gasteiger partial charge in [0, 0.05) is 19.8 Å². The predicted octanol–water partition coefficient (Wildman–Crippen LogP) is -4.73. The van der Waals surface area contributed by atoms with Gasteiger partial charge in [0.25, 0.3) is 0 Å². The molecule has 0 bridgehead atoms. The van der Waals surface area contributed by atoms with Crippen LogP contribution in [0.15, 0.2) is 11.6 Å². The van der Waals surface area contributed by atoms with Gasteiger partial charge in [-0.2, -0.15) is 0 Å². The van der Waals surface area contributed by atoms with Gasteiger partial charge in [-0.1, -0.05) is 93.7 Å².